The molecule has 0 aliphatic carbocycles. The Labute approximate surface area is 199 Å². The van der Waals surface area contributed by atoms with Crippen LogP contribution in [0.1, 0.15) is 55.1 Å². The van der Waals surface area contributed by atoms with Crippen molar-refractivity contribution in [2.75, 3.05) is 7.11 Å². The molecule has 0 aliphatic heterocycles. The van der Waals surface area contributed by atoms with E-state index >= 15 is 0 Å². The van der Waals surface area contributed by atoms with Gasteiger partial charge in [-0.3, -0.25) is 9.48 Å². The molecule has 0 radical (unpaired) electrons. The quantitative estimate of drug-likeness (QED) is 0.486. The van der Waals surface area contributed by atoms with Gasteiger partial charge in [0.05, 0.1) is 12.7 Å². The van der Waals surface area contributed by atoms with Crippen molar-refractivity contribution in [1.82, 2.24) is 15.1 Å². The molecule has 0 aliphatic rings. The standard InChI is InChI=1S/C26H31N3O5/c1-16(2)18-8-10-19(11-9-18)23-20(15-29(5)28-23)24(30)27-14-17-7-12-21(22(13-17)33-6)34-26(3,4)25(31)32/h7-13,15-16H,14H2,1-6H3,(H,27,30)(H,31,32). The molecule has 2 N–H and O–H groups in total. The molecule has 180 valence electrons. The molecular weight excluding hydrogens is 434 g/mol. The minimum atomic E-state index is -1.41. The first-order chi connectivity index (χ1) is 16.0. The predicted molar refractivity (Wildman–Crippen MR) is 129 cm³/mol. The largest absolute Gasteiger partial charge is 0.493 e. The molecule has 0 fully saturated rings. The number of benzene rings is 2. The number of rotatable bonds is 9. The lowest BCUT2D eigenvalue weighted by atomic mass is 10.00. The molecule has 0 unspecified atom stereocenters. The lowest BCUT2D eigenvalue weighted by Gasteiger charge is -2.23. The van der Waals surface area contributed by atoms with Crippen molar-refractivity contribution >= 4 is 11.9 Å². The van der Waals surface area contributed by atoms with Crippen LogP contribution in [0.2, 0.25) is 0 Å². The summed E-state index contributed by atoms with van der Waals surface area (Å²) in [6.45, 7) is 7.44. The molecule has 0 saturated heterocycles. The van der Waals surface area contributed by atoms with E-state index in [1.807, 2.05) is 12.1 Å². The summed E-state index contributed by atoms with van der Waals surface area (Å²) in [6.07, 6.45) is 1.70. The molecule has 0 saturated carbocycles. The fourth-order valence-corrected chi connectivity index (χ4v) is 3.40. The van der Waals surface area contributed by atoms with E-state index in [4.69, 9.17) is 9.47 Å². The number of aromatic nitrogens is 2. The maximum absolute atomic E-state index is 13.0. The van der Waals surface area contributed by atoms with E-state index in [0.717, 1.165) is 11.1 Å². The molecule has 1 amide bonds. The van der Waals surface area contributed by atoms with Gasteiger partial charge in [0.2, 0.25) is 0 Å². The van der Waals surface area contributed by atoms with Gasteiger partial charge in [0, 0.05) is 25.4 Å². The van der Waals surface area contributed by atoms with Gasteiger partial charge in [0.15, 0.2) is 17.1 Å². The molecule has 0 atom stereocenters. The van der Waals surface area contributed by atoms with Crippen molar-refractivity contribution in [2.45, 2.75) is 45.8 Å². The van der Waals surface area contributed by atoms with Gasteiger partial charge >= 0.3 is 5.97 Å². The summed E-state index contributed by atoms with van der Waals surface area (Å²) in [5.41, 5.74) is 2.56. The summed E-state index contributed by atoms with van der Waals surface area (Å²) < 4.78 is 12.6. The highest BCUT2D eigenvalue weighted by Crippen LogP contribution is 2.31. The average molecular weight is 466 g/mol. The van der Waals surface area contributed by atoms with Crippen LogP contribution < -0.4 is 14.8 Å². The van der Waals surface area contributed by atoms with Crippen molar-refractivity contribution in [3.8, 4) is 22.8 Å². The van der Waals surface area contributed by atoms with Gasteiger partial charge in [-0.25, -0.2) is 4.79 Å². The normalized spacial score (nSPS) is 11.4. The molecule has 34 heavy (non-hydrogen) atoms. The van der Waals surface area contributed by atoms with Gasteiger partial charge in [-0.05, 0) is 43.0 Å². The first kappa shape index (κ1) is 24.8. The Morgan fingerprint density at radius 3 is 2.38 bits per heavy atom. The number of nitrogens with one attached hydrogen (secondary N) is 1. The Balaban J connectivity index is 1.76. The maximum atomic E-state index is 13.0. The van der Waals surface area contributed by atoms with Gasteiger partial charge in [0.25, 0.3) is 5.91 Å². The highest BCUT2D eigenvalue weighted by atomic mass is 16.5. The second-order valence-electron chi connectivity index (χ2n) is 8.93. The van der Waals surface area contributed by atoms with E-state index in [-0.39, 0.29) is 12.5 Å². The van der Waals surface area contributed by atoms with E-state index in [9.17, 15) is 14.7 Å². The fraction of sp³-hybridized carbons (Fsp3) is 0.346. The number of aliphatic carboxylic acids is 1. The molecule has 1 aromatic heterocycles. The number of carboxylic acids is 1. The van der Waals surface area contributed by atoms with Crippen molar-refractivity contribution in [2.24, 2.45) is 7.05 Å². The number of amides is 1. The number of aryl methyl sites for hydroxylation is 1. The van der Waals surface area contributed by atoms with Crippen LogP contribution in [-0.4, -0.2) is 39.5 Å². The third kappa shape index (κ3) is 5.57. The number of carbonyl (C=O) groups is 2. The van der Waals surface area contributed by atoms with E-state index in [1.54, 1.807) is 36.1 Å². The van der Waals surface area contributed by atoms with Gasteiger partial charge in [-0.2, -0.15) is 5.10 Å². The number of hydrogen-bond donors (Lipinski definition) is 2. The van der Waals surface area contributed by atoms with Crippen LogP contribution in [0, 0.1) is 0 Å². The number of nitrogens with zero attached hydrogens (tertiary/aromatic N) is 2. The van der Waals surface area contributed by atoms with Crippen LogP contribution in [0.4, 0.5) is 0 Å². The Bertz CT molecular complexity index is 1180. The van der Waals surface area contributed by atoms with Crippen LogP contribution in [0.5, 0.6) is 11.5 Å². The van der Waals surface area contributed by atoms with Crippen LogP contribution in [0.3, 0.4) is 0 Å². The number of carbonyl (C=O) groups excluding carboxylic acids is 1. The van der Waals surface area contributed by atoms with Gasteiger partial charge in [-0.15, -0.1) is 0 Å². The molecule has 0 spiro atoms. The molecule has 8 heteroatoms. The van der Waals surface area contributed by atoms with E-state index in [2.05, 4.69) is 36.4 Å². The SMILES string of the molecule is COc1cc(CNC(=O)c2cn(C)nc2-c2ccc(C(C)C)cc2)ccc1OC(C)(C)C(=O)O. The topological polar surface area (TPSA) is 103 Å². The van der Waals surface area contributed by atoms with Crippen molar-refractivity contribution in [3.63, 3.8) is 0 Å². The fourth-order valence-electron chi connectivity index (χ4n) is 3.40. The number of hydrogen-bond acceptors (Lipinski definition) is 5. The minimum absolute atomic E-state index is 0.248. The van der Waals surface area contributed by atoms with Crippen molar-refractivity contribution in [3.05, 3.63) is 65.4 Å². The summed E-state index contributed by atoms with van der Waals surface area (Å²) in [6, 6.07) is 13.2. The zero-order chi connectivity index (χ0) is 25.0. The van der Waals surface area contributed by atoms with Gasteiger partial charge < -0.3 is 19.9 Å². The number of carboxylic acid groups (broad SMARTS) is 1. The smallest absolute Gasteiger partial charge is 0.347 e. The first-order valence-electron chi connectivity index (χ1n) is 11.0. The molecule has 3 rings (SSSR count). The third-order valence-electron chi connectivity index (χ3n) is 5.49. The van der Waals surface area contributed by atoms with Crippen LogP contribution >= 0.6 is 0 Å². The Kier molecular flexibility index (Phi) is 7.29. The number of ether oxygens (including phenoxy) is 2. The average Bonchev–Trinajstić information content (AvgIpc) is 3.19. The summed E-state index contributed by atoms with van der Waals surface area (Å²) in [5.74, 6) is -0.221. The second kappa shape index (κ2) is 9.99. The van der Waals surface area contributed by atoms with Gasteiger partial charge in [0.1, 0.15) is 5.69 Å². The Morgan fingerprint density at radius 1 is 1.12 bits per heavy atom. The highest BCUT2D eigenvalue weighted by Gasteiger charge is 2.30. The first-order valence-corrected chi connectivity index (χ1v) is 11.0. The molecule has 1 heterocycles. The second-order valence-corrected chi connectivity index (χ2v) is 8.93. The third-order valence-corrected chi connectivity index (χ3v) is 5.49. The van der Waals surface area contributed by atoms with E-state index < -0.39 is 11.6 Å². The lowest BCUT2D eigenvalue weighted by molar-refractivity contribution is -0.152. The summed E-state index contributed by atoms with van der Waals surface area (Å²) in [5, 5.41) is 16.7. The molecule has 2 aromatic carbocycles. The minimum Gasteiger partial charge on any atom is -0.493 e. The van der Waals surface area contributed by atoms with Crippen molar-refractivity contribution in [1.29, 1.82) is 0 Å². The van der Waals surface area contributed by atoms with Crippen LogP contribution in [0.15, 0.2) is 48.7 Å². The zero-order valence-electron chi connectivity index (χ0n) is 20.4. The molecular formula is C26H31N3O5. The van der Waals surface area contributed by atoms with E-state index in [1.165, 1.54) is 26.5 Å². The Morgan fingerprint density at radius 2 is 1.79 bits per heavy atom. The van der Waals surface area contributed by atoms with Crippen molar-refractivity contribution < 1.29 is 24.2 Å². The van der Waals surface area contributed by atoms with Crippen LogP contribution in [0.25, 0.3) is 11.3 Å². The summed E-state index contributed by atoms with van der Waals surface area (Å²) in [7, 11) is 3.26. The maximum Gasteiger partial charge on any atom is 0.347 e. The molecule has 3 aromatic rings. The zero-order valence-corrected chi connectivity index (χ0v) is 20.4. The molecule has 0 bridgehead atoms. The monoisotopic (exact) mass is 465 g/mol. The predicted octanol–water partition coefficient (Wildman–Crippen LogP) is 4.39. The molecule has 8 nitrogen and oxygen atoms in total. The number of methoxy groups -OCH3 is 1. The van der Waals surface area contributed by atoms with E-state index in [0.29, 0.717) is 28.7 Å². The lowest BCUT2D eigenvalue weighted by Crippen LogP contribution is -2.38. The summed E-state index contributed by atoms with van der Waals surface area (Å²) in [4.78, 5) is 24.4. The summed E-state index contributed by atoms with van der Waals surface area (Å²) >= 11 is 0. The van der Waals surface area contributed by atoms with Crippen LogP contribution in [-0.2, 0) is 18.4 Å². The highest BCUT2D eigenvalue weighted by molar-refractivity contribution is 5.99. The van der Waals surface area contributed by atoms with Gasteiger partial charge in [-0.1, -0.05) is 44.2 Å². The Hall–Kier alpha value is -3.81.